The molecule has 1 saturated heterocycles. The van der Waals surface area contributed by atoms with Crippen LogP contribution in [0, 0.1) is 0 Å². The summed E-state index contributed by atoms with van der Waals surface area (Å²) in [5.41, 5.74) is 2.21. The third kappa shape index (κ3) is 5.52. The molecule has 1 aliphatic rings. The van der Waals surface area contributed by atoms with Gasteiger partial charge in [0.2, 0.25) is 10.0 Å². The van der Waals surface area contributed by atoms with Gasteiger partial charge in [-0.3, -0.25) is 4.79 Å². The van der Waals surface area contributed by atoms with Gasteiger partial charge in [0.05, 0.1) is 20.0 Å². The molecule has 0 atom stereocenters. The minimum absolute atomic E-state index is 0.0335. The second-order valence-electron chi connectivity index (χ2n) is 7.25. The molecule has 1 N–H and O–H groups in total. The zero-order valence-electron chi connectivity index (χ0n) is 17.4. The molecule has 0 saturated carbocycles. The molecule has 0 bridgehead atoms. The highest BCUT2D eigenvalue weighted by atomic mass is 32.2. The molecule has 0 unspecified atom stereocenters. The van der Waals surface area contributed by atoms with Gasteiger partial charge in [0, 0.05) is 25.2 Å². The van der Waals surface area contributed by atoms with Crippen molar-refractivity contribution < 1.29 is 22.7 Å². The highest BCUT2D eigenvalue weighted by Crippen LogP contribution is 2.27. The molecule has 0 radical (unpaired) electrons. The van der Waals surface area contributed by atoms with Gasteiger partial charge >= 0.3 is 0 Å². The molecule has 162 valence electrons. The Labute approximate surface area is 178 Å². The van der Waals surface area contributed by atoms with Gasteiger partial charge in [-0.15, -0.1) is 0 Å². The van der Waals surface area contributed by atoms with Crippen LogP contribution in [0.4, 0.5) is 0 Å². The minimum Gasteiger partial charge on any atom is -0.493 e. The maximum absolute atomic E-state index is 12.4. The van der Waals surface area contributed by atoms with E-state index in [4.69, 9.17) is 9.47 Å². The molecule has 8 heteroatoms. The molecule has 30 heavy (non-hydrogen) atoms. The number of nitrogens with one attached hydrogen (secondary N) is 1. The summed E-state index contributed by atoms with van der Waals surface area (Å²) in [6.45, 7) is 1.67. The smallest absolute Gasteiger partial charge is 0.251 e. The molecule has 0 aromatic heterocycles. The lowest BCUT2D eigenvalue weighted by Gasteiger charge is -2.15. The Morgan fingerprint density at radius 1 is 0.967 bits per heavy atom. The molecule has 7 nitrogen and oxygen atoms in total. The van der Waals surface area contributed by atoms with Gasteiger partial charge < -0.3 is 14.8 Å². The van der Waals surface area contributed by atoms with Crippen molar-refractivity contribution in [1.29, 1.82) is 0 Å². The van der Waals surface area contributed by atoms with E-state index in [1.165, 1.54) is 0 Å². The number of carbonyl (C=O) groups excluding carboxylic acids is 1. The zero-order chi connectivity index (χ0) is 21.6. The fourth-order valence-corrected chi connectivity index (χ4v) is 5.09. The lowest BCUT2D eigenvalue weighted by atomic mass is 10.1. The van der Waals surface area contributed by atoms with Crippen LogP contribution in [-0.2, 0) is 22.2 Å². The van der Waals surface area contributed by atoms with E-state index < -0.39 is 10.0 Å². The number of rotatable bonds is 9. The molecule has 0 aliphatic carbocycles. The van der Waals surface area contributed by atoms with Crippen LogP contribution in [0.15, 0.2) is 42.5 Å². The van der Waals surface area contributed by atoms with E-state index in [1.54, 1.807) is 42.8 Å². The van der Waals surface area contributed by atoms with E-state index in [0.717, 1.165) is 18.4 Å². The molecule has 3 rings (SSSR count). The molecule has 1 heterocycles. The lowest BCUT2D eigenvalue weighted by Crippen LogP contribution is -2.29. The molecular weight excluding hydrogens is 404 g/mol. The molecule has 2 aromatic carbocycles. The molecule has 1 fully saturated rings. The largest absolute Gasteiger partial charge is 0.493 e. The Morgan fingerprint density at radius 3 is 2.23 bits per heavy atom. The van der Waals surface area contributed by atoms with E-state index in [2.05, 4.69) is 5.32 Å². The number of ether oxygens (including phenoxy) is 2. The Kier molecular flexibility index (Phi) is 7.33. The van der Waals surface area contributed by atoms with Crippen molar-refractivity contribution in [3.05, 3.63) is 59.2 Å². The fraction of sp³-hybridized carbons (Fsp3) is 0.409. The van der Waals surface area contributed by atoms with Crippen molar-refractivity contribution in [1.82, 2.24) is 9.62 Å². The number of nitrogens with zero attached hydrogens (tertiary/aromatic N) is 1. The van der Waals surface area contributed by atoms with Crippen molar-refractivity contribution >= 4 is 15.9 Å². The number of hydrogen-bond donors (Lipinski definition) is 1. The third-order valence-electron chi connectivity index (χ3n) is 5.17. The highest BCUT2D eigenvalue weighted by molar-refractivity contribution is 7.88. The molecule has 1 aliphatic heterocycles. The van der Waals surface area contributed by atoms with Crippen LogP contribution in [0.1, 0.15) is 34.3 Å². The Morgan fingerprint density at radius 2 is 1.60 bits per heavy atom. The standard InChI is InChI=1S/C22H28N2O5S/c1-28-20-10-7-17(15-21(20)29-2)11-12-23-22(25)19-8-5-18(6-9-19)16-30(26,27)24-13-3-4-14-24/h5-10,15H,3-4,11-14,16H2,1-2H3,(H,23,25). The molecule has 1 amide bonds. The SMILES string of the molecule is COc1ccc(CCNC(=O)c2ccc(CS(=O)(=O)N3CCCC3)cc2)cc1OC. The summed E-state index contributed by atoms with van der Waals surface area (Å²) in [5, 5.41) is 2.89. The predicted octanol–water partition coefficient (Wildman–Crippen LogP) is 2.60. The lowest BCUT2D eigenvalue weighted by molar-refractivity contribution is 0.0954. The van der Waals surface area contributed by atoms with Gasteiger partial charge in [-0.05, 0) is 54.7 Å². The van der Waals surface area contributed by atoms with Crippen LogP contribution in [0.5, 0.6) is 11.5 Å². The van der Waals surface area contributed by atoms with Crippen molar-refractivity contribution in [3.63, 3.8) is 0 Å². The van der Waals surface area contributed by atoms with Crippen LogP contribution in [0.3, 0.4) is 0 Å². The first-order valence-electron chi connectivity index (χ1n) is 9.99. The van der Waals surface area contributed by atoms with Crippen LogP contribution in [0.25, 0.3) is 0 Å². The number of amides is 1. The maximum Gasteiger partial charge on any atom is 0.251 e. The van der Waals surface area contributed by atoms with Gasteiger partial charge in [0.25, 0.3) is 5.91 Å². The van der Waals surface area contributed by atoms with Crippen molar-refractivity contribution in [2.45, 2.75) is 25.0 Å². The average Bonchev–Trinajstić information content (AvgIpc) is 3.30. The fourth-order valence-electron chi connectivity index (χ4n) is 3.48. The Balaban J connectivity index is 1.52. The van der Waals surface area contributed by atoms with Crippen LogP contribution >= 0.6 is 0 Å². The first-order valence-corrected chi connectivity index (χ1v) is 11.6. The molecular formula is C22H28N2O5S. The summed E-state index contributed by atoms with van der Waals surface area (Å²) in [7, 11) is -0.113. The predicted molar refractivity (Wildman–Crippen MR) is 115 cm³/mol. The highest BCUT2D eigenvalue weighted by Gasteiger charge is 2.25. The number of sulfonamides is 1. The van der Waals surface area contributed by atoms with E-state index in [9.17, 15) is 13.2 Å². The average molecular weight is 433 g/mol. The second kappa shape index (κ2) is 9.95. The van der Waals surface area contributed by atoms with Gasteiger partial charge in [-0.2, -0.15) is 0 Å². The summed E-state index contributed by atoms with van der Waals surface area (Å²) in [5.74, 6) is 1.09. The quantitative estimate of drug-likeness (QED) is 0.658. The first-order chi connectivity index (χ1) is 14.4. The van der Waals surface area contributed by atoms with Crippen LogP contribution in [0.2, 0.25) is 0 Å². The minimum atomic E-state index is -3.29. The molecule has 0 spiro atoms. The van der Waals surface area contributed by atoms with E-state index in [1.807, 2.05) is 18.2 Å². The van der Waals surface area contributed by atoms with Gasteiger partial charge in [-0.25, -0.2) is 12.7 Å². The first kappa shape index (κ1) is 22.1. The monoisotopic (exact) mass is 432 g/mol. The maximum atomic E-state index is 12.4. The third-order valence-corrected chi connectivity index (χ3v) is 7.02. The number of benzene rings is 2. The topological polar surface area (TPSA) is 84.9 Å². The number of hydrogen-bond acceptors (Lipinski definition) is 5. The van der Waals surface area contributed by atoms with E-state index >= 15 is 0 Å². The number of carbonyl (C=O) groups is 1. The zero-order valence-corrected chi connectivity index (χ0v) is 18.2. The van der Waals surface area contributed by atoms with Crippen molar-refractivity contribution in [2.24, 2.45) is 0 Å². The Bertz CT molecular complexity index is 968. The van der Waals surface area contributed by atoms with E-state index in [0.29, 0.717) is 48.7 Å². The van der Waals surface area contributed by atoms with Gasteiger partial charge in [0.1, 0.15) is 0 Å². The molecule has 2 aromatic rings. The van der Waals surface area contributed by atoms with E-state index in [-0.39, 0.29) is 11.7 Å². The normalized spacial score (nSPS) is 14.5. The summed E-state index contributed by atoms with van der Waals surface area (Å²) in [6.07, 6.45) is 2.49. The summed E-state index contributed by atoms with van der Waals surface area (Å²) in [6, 6.07) is 12.4. The van der Waals surface area contributed by atoms with Crippen LogP contribution in [-0.4, -0.2) is 52.5 Å². The Hall–Kier alpha value is -2.58. The summed E-state index contributed by atoms with van der Waals surface area (Å²) in [4.78, 5) is 12.4. The van der Waals surface area contributed by atoms with Gasteiger partial charge in [0.15, 0.2) is 11.5 Å². The van der Waals surface area contributed by atoms with Gasteiger partial charge in [-0.1, -0.05) is 18.2 Å². The summed E-state index contributed by atoms with van der Waals surface area (Å²) >= 11 is 0. The van der Waals surface area contributed by atoms with Crippen molar-refractivity contribution in [2.75, 3.05) is 33.9 Å². The summed E-state index contributed by atoms with van der Waals surface area (Å²) < 4.78 is 36.9. The number of methoxy groups -OCH3 is 2. The van der Waals surface area contributed by atoms with Crippen molar-refractivity contribution in [3.8, 4) is 11.5 Å². The van der Waals surface area contributed by atoms with Crippen LogP contribution < -0.4 is 14.8 Å². The second-order valence-corrected chi connectivity index (χ2v) is 9.22.